The van der Waals surface area contributed by atoms with Crippen LogP contribution in [0.25, 0.3) is 0 Å². The van der Waals surface area contributed by atoms with Crippen molar-refractivity contribution in [2.45, 2.75) is 40.7 Å². The molecule has 7 heteroatoms. The Morgan fingerprint density at radius 1 is 0.861 bits per heavy atom. The first-order valence-electron chi connectivity index (χ1n) is 11.7. The number of anilines is 2. The summed E-state index contributed by atoms with van der Waals surface area (Å²) in [6.07, 6.45) is 0.177. The lowest BCUT2D eigenvalue weighted by Crippen LogP contribution is -2.15. The molecule has 0 bridgehead atoms. The van der Waals surface area contributed by atoms with Crippen molar-refractivity contribution in [3.63, 3.8) is 0 Å². The minimum Gasteiger partial charge on any atom is -0.489 e. The van der Waals surface area contributed by atoms with Gasteiger partial charge in [0.2, 0.25) is 5.91 Å². The average molecular weight is 500 g/mol. The maximum atomic E-state index is 13.0. The van der Waals surface area contributed by atoms with Gasteiger partial charge in [-0.3, -0.25) is 9.59 Å². The van der Waals surface area contributed by atoms with E-state index in [0.29, 0.717) is 22.3 Å². The maximum absolute atomic E-state index is 13.0. The summed E-state index contributed by atoms with van der Waals surface area (Å²) in [7, 11) is 0. The van der Waals surface area contributed by atoms with Crippen molar-refractivity contribution in [2.75, 3.05) is 10.6 Å². The van der Waals surface area contributed by atoms with Crippen LogP contribution in [0, 0.1) is 27.7 Å². The van der Waals surface area contributed by atoms with Gasteiger partial charge in [-0.2, -0.15) is 0 Å². The van der Waals surface area contributed by atoms with Gasteiger partial charge in [-0.25, -0.2) is 4.98 Å². The van der Waals surface area contributed by atoms with Crippen LogP contribution < -0.4 is 15.4 Å². The van der Waals surface area contributed by atoms with Crippen LogP contribution in [-0.4, -0.2) is 16.8 Å². The number of para-hydroxylation sites is 1. The molecule has 1 aromatic heterocycles. The Balaban J connectivity index is 1.41. The molecule has 0 aliphatic rings. The average Bonchev–Trinajstić information content (AvgIpc) is 3.21. The molecule has 0 unspecified atom stereocenters. The number of carbonyl (C=O) groups is 2. The Hall–Kier alpha value is -3.97. The first-order valence-corrected chi connectivity index (χ1v) is 12.5. The van der Waals surface area contributed by atoms with E-state index in [1.807, 2.05) is 87.5 Å². The van der Waals surface area contributed by atoms with Gasteiger partial charge < -0.3 is 15.4 Å². The molecule has 4 aromatic rings. The van der Waals surface area contributed by atoms with Crippen LogP contribution in [0.1, 0.15) is 43.2 Å². The molecule has 0 spiro atoms. The predicted octanol–water partition coefficient (Wildman–Crippen LogP) is 6.39. The fraction of sp³-hybridized carbons (Fsp3) is 0.207. The Kier molecular flexibility index (Phi) is 7.80. The third kappa shape index (κ3) is 6.17. The number of nitrogens with one attached hydrogen (secondary N) is 2. The first-order chi connectivity index (χ1) is 17.3. The van der Waals surface area contributed by atoms with Gasteiger partial charge in [-0.15, -0.1) is 0 Å². The molecule has 0 atom stereocenters. The van der Waals surface area contributed by atoms with Gasteiger partial charge in [0, 0.05) is 5.69 Å². The molecule has 6 nitrogen and oxygen atoms in total. The van der Waals surface area contributed by atoms with Crippen molar-refractivity contribution >= 4 is 34.0 Å². The van der Waals surface area contributed by atoms with Gasteiger partial charge in [0.1, 0.15) is 17.2 Å². The third-order valence-corrected chi connectivity index (χ3v) is 6.84. The standard InChI is InChI=1S/C29H29N3O3S/c1-18-14-19(2)26(20(3)15-18)32-28(34)27-21(4)30-29(36-27)31-25(33)16-22-10-8-9-11-23(22)17-35-24-12-6-5-7-13-24/h5-15H,16-17H2,1-4H3,(H,32,34)(H,30,31,33). The Bertz CT molecular complexity index is 1370. The molecule has 1 heterocycles. The topological polar surface area (TPSA) is 80.3 Å². The van der Waals surface area contributed by atoms with Crippen LogP contribution in [0.4, 0.5) is 10.8 Å². The number of ether oxygens (including phenoxy) is 1. The highest BCUT2D eigenvalue weighted by atomic mass is 32.1. The number of rotatable bonds is 8. The van der Waals surface area contributed by atoms with E-state index in [1.54, 1.807) is 6.92 Å². The molecule has 184 valence electrons. The van der Waals surface area contributed by atoms with Crippen molar-refractivity contribution in [3.05, 3.63) is 105 Å². The first kappa shape index (κ1) is 25.1. The van der Waals surface area contributed by atoms with E-state index in [4.69, 9.17) is 4.74 Å². The van der Waals surface area contributed by atoms with Gasteiger partial charge in [0.05, 0.1) is 12.1 Å². The van der Waals surface area contributed by atoms with E-state index in [1.165, 1.54) is 11.3 Å². The summed E-state index contributed by atoms with van der Waals surface area (Å²) >= 11 is 1.17. The number of benzene rings is 3. The van der Waals surface area contributed by atoms with Crippen LogP contribution in [0.5, 0.6) is 5.75 Å². The van der Waals surface area contributed by atoms with Crippen LogP contribution in [0.2, 0.25) is 0 Å². The van der Waals surface area contributed by atoms with Crippen molar-refractivity contribution < 1.29 is 14.3 Å². The second kappa shape index (κ2) is 11.2. The van der Waals surface area contributed by atoms with E-state index in [9.17, 15) is 9.59 Å². The minimum absolute atomic E-state index is 0.177. The third-order valence-electron chi connectivity index (χ3n) is 5.77. The van der Waals surface area contributed by atoms with Crippen LogP contribution in [-0.2, 0) is 17.8 Å². The molecule has 36 heavy (non-hydrogen) atoms. The Morgan fingerprint density at radius 2 is 1.50 bits per heavy atom. The van der Waals surface area contributed by atoms with E-state index >= 15 is 0 Å². The molecule has 0 aliphatic heterocycles. The summed E-state index contributed by atoms with van der Waals surface area (Å²) in [5, 5.41) is 6.26. The predicted molar refractivity (Wildman–Crippen MR) is 145 cm³/mol. The van der Waals surface area contributed by atoms with Crippen molar-refractivity contribution in [1.29, 1.82) is 0 Å². The lowest BCUT2D eigenvalue weighted by atomic mass is 10.0. The van der Waals surface area contributed by atoms with Crippen LogP contribution in [0.3, 0.4) is 0 Å². The number of carbonyl (C=O) groups excluding carboxylic acids is 2. The van der Waals surface area contributed by atoms with Crippen molar-refractivity contribution in [2.24, 2.45) is 0 Å². The van der Waals surface area contributed by atoms with Crippen molar-refractivity contribution in [1.82, 2.24) is 4.98 Å². The van der Waals surface area contributed by atoms with Gasteiger partial charge >= 0.3 is 0 Å². The van der Waals surface area contributed by atoms with Gasteiger partial charge in [-0.05, 0) is 62.1 Å². The molecule has 2 N–H and O–H groups in total. The number of aryl methyl sites for hydroxylation is 4. The fourth-order valence-corrected chi connectivity index (χ4v) is 4.97. The van der Waals surface area contributed by atoms with Gasteiger partial charge in [-0.1, -0.05) is 71.5 Å². The Labute approximate surface area is 215 Å². The van der Waals surface area contributed by atoms with E-state index in [0.717, 1.165) is 39.3 Å². The lowest BCUT2D eigenvalue weighted by molar-refractivity contribution is -0.115. The molecule has 3 aromatic carbocycles. The highest BCUT2D eigenvalue weighted by molar-refractivity contribution is 7.17. The molecular formula is C29H29N3O3S. The number of hydrogen-bond donors (Lipinski definition) is 2. The highest BCUT2D eigenvalue weighted by Gasteiger charge is 2.19. The second-order valence-electron chi connectivity index (χ2n) is 8.76. The number of thiazole rings is 1. The summed E-state index contributed by atoms with van der Waals surface area (Å²) < 4.78 is 5.86. The van der Waals surface area contributed by atoms with E-state index in [2.05, 4.69) is 15.6 Å². The molecule has 0 fully saturated rings. The Morgan fingerprint density at radius 3 is 2.19 bits per heavy atom. The molecule has 2 amide bonds. The molecular weight excluding hydrogens is 470 g/mol. The molecule has 0 aliphatic carbocycles. The van der Waals surface area contributed by atoms with E-state index < -0.39 is 0 Å². The normalized spacial score (nSPS) is 10.7. The smallest absolute Gasteiger partial charge is 0.267 e. The molecule has 0 saturated heterocycles. The summed E-state index contributed by atoms with van der Waals surface area (Å²) in [5.74, 6) is 0.342. The summed E-state index contributed by atoms with van der Waals surface area (Å²) in [6.45, 7) is 8.12. The minimum atomic E-state index is -0.232. The number of nitrogens with zero attached hydrogens (tertiary/aromatic N) is 1. The van der Waals surface area contributed by atoms with Gasteiger partial charge in [0.15, 0.2) is 5.13 Å². The quantitative estimate of drug-likeness (QED) is 0.294. The zero-order chi connectivity index (χ0) is 25.7. The van der Waals surface area contributed by atoms with Crippen molar-refractivity contribution in [3.8, 4) is 5.75 Å². The second-order valence-corrected chi connectivity index (χ2v) is 9.76. The lowest BCUT2D eigenvalue weighted by Gasteiger charge is -2.12. The zero-order valence-corrected chi connectivity index (χ0v) is 21.7. The summed E-state index contributed by atoms with van der Waals surface area (Å²) in [5.41, 5.74) is 6.36. The maximum Gasteiger partial charge on any atom is 0.267 e. The van der Waals surface area contributed by atoms with Gasteiger partial charge in [0.25, 0.3) is 5.91 Å². The highest BCUT2D eigenvalue weighted by Crippen LogP contribution is 2.27. The molecule has 0 radical (unpaired) electrons. The number of amides is 2. The zero-order valence-electron chi connectivity index (χ0n) is 20.8. The molecule has 4 rings (SSSR count). The van der Waals surface area contributed by atoms with Crippen LogP contribution >= 0.6 is 11.3 Å². The monoisotopic (exact) mass is 499 g/mol. The number of aromatic nitrogens is 1. The largest absolute Gasteiger partial charge is 0.489 e. The van der Waals surface area contributed by atoms with E-state index in [-0.39, 0.29) is 18.2 Å². The summed E-state index contributed by atoms with van der Waals surface area (Å²) in [6, 6.07) is 21.4. The SMILES string of the molecule is Cc1cc(C)c(NC(=O)c2sc(NC(=O)Cc3ccccc3COc3ccccc3)nc2C)c(C)c1. The summed E-state index contributed by atoms with van der Waals surface area (Å²) in [4.78, 5) is 30.7. The number of hydrogen-bond acceptors (Lipinski definition) is 5. The molecule has 0 saturated carbocycles. The fourth-order valence-electron chi connectivity index (χ4n) is 4.09. The van der Waals surface area contributed by atoms with Crippen LogP contribution in [0.15, 0.2) is 66.7 Å².